The Balaban J connectivity index is 2.18. The molecule has 4 nitrogen and oxygen atoms in total. The average Bonchev–Trinajstić information content (AvgIpc) is 2.83. The van der Waals surface area contributed by atoms with Gasteiger partial charge in [0.2, 0.25) is 0 Å². The minimum atomic E-state index is -0.555. The topological polar surface area (TPSA) is 68.0 Å². The third-order valence-corrected chi connectivity index (χ3v) is 3.60. The summed E-state index contributed by atoms with van der Waals surface area (Å²) in [6.07, 6.45) is 0. The van der Waals surface area contributed by atoms with Crippen LogP contribution in [0.15, 0.2) is 23.6 Å². The molecule has 0 radical (unpaired) electrons. The second-order valence-corrected chi connectivity index (χ2v) is 5.26. The van der Waals surface area contributed by atoms with Gasteiger partial charge in [-0.05, 0) is 25.1 Å². The van der Waals surface area contributed by atoms with Crippen LogP contribution in [0.3, 0.4) is 0 Å². The fourth-order valence-corrected chi connectivity index (χ4v) is 2.31. The second kappa shape index (κ2) is 5.64. The van der Waals surface area contributed by atoms with Gasteiger partial charge in [-0.2, -0.15) is 0 Å². The molecule has 1 aromatic carbocycles. The Morgan fingerprint density at radius 2 is 2.32 bits per heavy atom. The number of benzene rings is 1. The minimum Gasteiger partial charge on any atom is -0.322 e. The van der Waals surface area contributed by atoms with E-state index in [2.05, 4.69) is 10.3 Å². The van der Waals surface area contributed by atoms with E-state index >= 15 is 0 Å². The van der Waals surface area contributed by atoms with E-state index in [1.807, 2.05) is 0 Å². The standard InChI is InChI=1S/C12H11ClFN3OS/c1-6(15)12-17-10(5-19-12)11(18)16-9-4-7(13)2-3-8(9)14/h2-6H,15H2,1H3,(H,16,18). The smallest absolute Gasteiger partial charge is 0.275 e. The molecule has 2 rings (SSSR count). The van der Waals surface area contributed by atoms with Crippen molar-refractivity contribution in [2.45, 2.75) is 13.0 Å². The highest BCUT2D eigenvalue weighted by Gasteiger charge is 2.14. The molecule has 3 N–H and O–H groups in total. The first-order chi connectivity index (χ1) is 8.97. The van der Waals surface area contributed by atoms with Crippen LogP contribution in [0.25, 0.3) is 0 Å². The summed E-state index contributed by atoms with van der Waals surface area (Å²) in [7, 11) is 0. The summed E-state index contributed by atoms with van der Waals surface area (Å²) in [5, 5.41) is 4.99. The molecule has 0 aliphatic rings. The van der Waals surface area contributed by atoms with Crippen LogP contribution < -0.4 is 11.1 Å². The molecule has 1 heterocycles. The predicted molar refractivity (Wildman–Crippen MR) is 74.1 cm³/mol. The zero-order valence-corrected chi connectivity index (χ0v) is 11.6. The van der Waals surface area contributed by atoms with Crippen LogP contribution in [-0.2, 0) is 0 Å². The van der Waals surface area contributed by atoms with E-state index in [1.165, 1.54) is 29.5 Å². The molecule has 1 amide bonds. The van der Waals surface area contributed by atoms with E-state index in [-0.39, 0.29) is 17.4 Å². The molecule has 19 heavy (non-hydrogen) atoms. The highest BCUT2D eigenvalue weighted by atomic mass is 35.5. The molecule has 0 saturated carbocycles. The van der Waals surface area contributed by atoms with Gasteiger partial charge in [-0.25, -0.2) is 9.37 Å². The Kier molecular flexibility index (Phi) is 4.14. The molecule has 100 valence electrons. The van der Waals surface area contributed by atoms with Gasteiger partial charge < -0.3 is 11.1 Å². The first-order valence-corrected chi connectivity index (χ1v) is 6.70. The number of hydrogen-bond acceptors (Lipinski definition) is 4. The maximum absolute atomic E-state index is 13.5. The highest BCUT2D eigenvalue weighted by molar-refractivity contribution is 7.09. The summed E-state index contributed by atoms with van der Waals surface area (Å²) >= 11 is 7.03. The van der Waals surface area contributed by atoms with E-state index in [0.29, 0.717) is 10.0 Å². The third-order valence-electron chi connectivity index (χ3n) is 2.32. The number of nitrogens with zero attached hydrogens (tertiary/aromatic N) is 1. The van der Waals surface area contributed by atoms with Gasteiger partial charge in [-0.1, -0.05) is 11.6 Å². The molecule has 0 spiro atoms. The van der Waals surface area contributed by atoms with Crippen LogP contribution in [0.5, 0.6) is 0 Å². The van der Waals surface area contributed by atoms with Gasteiger partial charge in [-0.3, -0.25) is 4.79 Å². The van der Waals surface area contributed by atoms with E-state index in [4.69, 9.17) is 17.3 Å². The first-order valence-electron chi connectivity index (χ1n) is 5.45. The number of hydrogen-bond donors (Lipinski definition) is 2. The summed E-state index contributed by atoms with van der Waals surface area (Å²) in [6.45, 7) is 1.77. The Morgan fingerprint density at radius 1 is 1.58 bits per heavy atom. The van der Waals surface area contributed by atoms with Gasteiger partial charge in [0, 0.05) is 10.4 Å². The van der Waals surface area contributed by atoms with E-state index in [1.54, 1.807) is 12.3 Å². The maximum atomic E-state index is 13.5. The molecule has 0 saturated heterocycles. The number of carbonyl (C=O) groups is 1. The second-order valence-electron chi connectivity index (χ2n) is 3.94. The number of halogens is 2. The van der Waals surface area contributed by atoms with Crippen LogP contribution in [0.4, 0.5) is 10.1 Å². The summed E-state index contributed by atoms with van der Waals surface area (Å²) in [5.41, 5.74) is 5.89. The number of aromatic nitrogens is 1. The van der Waals surface area contributed by atoms with Crippen LogP contribution >= 0.6 is 22.9 Å². The lowest BCUT2D eigenvalue weighted by molar-refractivity contribution is 0.102. The molecule has 2 aromatic rings. The molecular formula is C12H11ClFN3OS. The van der Waals surface area contributed by atoms with Gasteiger partial charge in [-0.15, -0.1) is 11.3 Å². The Hall–Kier alpha value is -1.50. The molecule has 0 aliphatic heterocycles. The van der Waals surface area contributed by atoms with Crippen molar-refractivity contribution in [3.63, 3.8) is 0 Å². The summed E-state index contributed by atoms with van der Waals surface area (Å²) in [4.78, 5) is 16.0. The van der Waals surface area contributed by atoms with Crippen molar-refractivity contribution in [3.8, 4) is 0 Å². The average molecular weight is 300 g/mol. The molecule has 1 atom stereocenters. The molecular weight excluding hydrogens is 289 g/mol. The molecule has 1 aromatic heterocycles. The van der Waals surface area contributed by atoms with Crippen molar-refractivity contribution in [2.24, 2.45) is 5.73 Å². The molecule has 0 fully saturated rings. The van der Waals surface area contributed by atoms with Crippen molar-refractivity contribution in [1.82, 2.24) is 4.98 Å². The summed E-state index contributed by atoms with van der Waals surface area (Å²) in [6, 6.07) is 3.69. The van der Waals surface area contributed by atoms with Gasteiger partial charge in [0.05, 0.1) is 11.7 Å². The van der Waals surface area contributed by atoms with Gasteiger partial charge >= 0.3 is 0 Å². The fraction of sp³-hybridized carbons (Fsp3) is 0.167. The van der Waals surface area contributed by atoms with Gasteiger partial charge in [0.15, 0.2) is 0 Å². The largest absolute Gasteiger partial charge is 0.322 e. The zero-order chi connectivity index (χ0) is 14.0. The number of nitrogens with two attached hydrogens (primary N) is 1. The quantitative estimate of drug-likeness (QED) is 0.914. The Morgan fingerprint density at radius 3 is 2.95 bits per heavy atom. The minimum absolute atomic E-state index is 0.0212. The predicted octanol–water partition coefficient (Wildman–Crippen LogP) is 3.21. The molecule has 0 bridgehead atoms. The maximum Gasteiger partial charge on any atom is 0.275 e. The van der Waals surface area contributed by atoms with E-state index in [0.717, 1.165) is 0 Å². The van der Waals surface area contributed by atoms with Crippen molar-refractivity contribution in [1.29, 1.82) is 0 Å². The zero-order valence-electron chi connectivity index (χ0n) is 9.98. The van der Waals surface area contributed by atoms with Crippen molar-refractivity contribution in [2.75, 3.05) is 5.32 Å². The normalized spacial score (nSPS) is 12.2. The lowest BCUT2D eigenvalue weighted by Crippen LogP contribution is -2.14. The summed E-state index contributed by atoms with van der Waals surface area (Å²) in [5.74, 6) is -1.05. The summed E-state index contributed by atoms with van der Waals surface area (Å²) < 4.78 is 13.5. The van der Waals surface area contributed by atoms with E-state index < -0.39 is 11.7 Å². The van der Waals surface area contributed by atoms with Crippen LogP contribution in [-0.4, -0.2) is 10.9 Å². The first kappa shape index (κ1) is 13.9. The highest BCUT2D eigenvalue weighted by Crippen LogP contribution is 2.21. The number of thiazole rings is 1. The Labute approximate surface area is 118 Å². The van der Waals surface area contributed by atoms with Crippen molar-refractivity contribution in [3.05, 3.63) is 45.1 Å². The molecule has 1 unspecified atom stereocenters. The van der Waals surface area contributed by atoms with Crippen LogP contribution in [0, 0.1) is 5.82 Å². The number of nitrogens with one attached hydrogen (secondary N) is 1. The van der Waals surface area contributed by atoms with E-state index in [9.17, 15) is 9.18 Å². The van der Waals surface area contributed by atoms with Crippen molar-refractivity contribution < 1.29 is 9.18 Å². The monoisotopic (exact) mass is 299 g/mol. The number of amides is 1. The third kappa shape index (κ3) is 3.28. The van der Waals surface area contributed by atoms with Gasteiger partial charge in [0.25, 0.3) is 5.91 Å². The van der Waals surface area contributed by atoms with Crippen LogP contribution in [0.2, 0.25) is 5.02 Å². The lowest BCUT2D eigenvalue weighted by Gasteiger charge is -2.05. The Bertz CT molecular complexity index is 615. The number of carbonyl (C=O) groups excluding carboxylic acids is 1. The molecule has 7 heteroatoms. The lowest BCUT2D eigenvalue weighted by atomic mass is 10.3. The number of anilines is 1. The van der Waals surface area contributed by atoms with Gasteiger partial charge in [0.1, 0.15) is 16.5 Å². The van der Waals surface area contributed by atoms with Crippen LogP contribution in [0.1, 0.15) is 28.5 Å². The SMILES string of the molecule is CC(N)c1nc(C(=O)Nc2cc(Cl)ccc2F)cs1. The molecule has 0 aliphatic carbocycles. The fourth-order valence-electron chi connectivity index (χ4n) is 1.38. The van der Waals surface area contributed by atoms with Crippen molar-refractivity contribution >= 4 is 34.5 Å². The number of rotatable bonds is 3.